The maximum Gasteiger partial charge on any atom is 0.186 e. The fourth-order valence-corrected chi connectivity index (χ4v) is 9.09. The molecule has 334 valence electrons. The van der Waals surface area contributed by atoms with Gasteiger partial charge in [0.2, 0.25) is 0 Å². The normalized spacial score (nSPS) is 22.7. The van der Waals surface area contributed by atoms with E-state index in [0.717, 1.165) is 77.3 Å². The van der Waals surface area contributed by atoms with Gasteiger partial charge in [-0.15, -0.1) is 0 Å². The van der Waals surface area contributed by atoms with Gasteiger partial charge in [-0.25, -0.2) is 4.36 Å². The van der Waals surface area contributed by atoms with Gasteiger partial charge in [-0.1, -0.05) is 156 Å². The van der Waals surface area contributed by atoms with Crippen molar-refractivity contribution >= 4 is 9.73 Å². The second-order valence-corrected chi connectivity index (χ2v) is 19.1. The van der Waals surface area contributed by atoms with Crippen LogP contribution in [-0.4, -0.2) is 127 Å². The summed E-state index contributed by atoms with van der Waals surface area (Å²) in [5.74, 6) is 0.341. The summed E-state index contributed by atoms with van der Waals surface area (Å²) in [5, 5.41) is 62.7. The van der Waals surface area contributed by atoms with E-state index in [9.17, 15) is 34.8 Å². The molecule has 56 heavy (non-hydrogen) atoms. The number of rotatable bonds is 37. The minimum absolute atomic E-state index is 0.341. The Hall–Kier alpha value is -0.830. The number of aliphatic hydroxyl groups is 6. The third-order valence-electron chi connectivity index (χ3n) is 11.4. The summed E-state index contributed by atoms with van der Waals surface area (Å²) in [5.41, 5.74) is 1.22. The van der Waals surface area contributed by atoms with Crippen LogP contribution in [0.4, 0.5) is 0 Å². The first-order valence-corrected chi connectivity index (χ1v) is 24.9. The average Bonchev–Trinajstić information content (AvgIpc) is 3.18. The maximum atomic E-state index is 13.7. The number of ether oxygens (including phenoxy) is 2. The van der Waals surface area contributed by atoms with E-state index in [1.807, 2.05) is 0 Å². The molecule has 11 nitrogen and oxygen atoms in total. The molecule has 0 aromatic rings. The smallest absolute Gasteiger partial charge is 0.186 e. The third-order valence-corrected chi connectivity index (χ3v) is 13.1. The Morgan fingerprint density at radius 3 is 1.66 bits per heavy atom. The number of aliphatic hydroxyl groups excluding tert-OH is 6. The fraction of sp³-hybridized carbons (Fsp3) is 0.955. The van der Waals surface area contributed by atoms with Gasteiger partial charge in [0, 0.05) is 40.5 Å². The Balaban J connectivity index is 2.66. The largest absolute Gasteiger partial charge is 0.394 e. The van der Waals surface area contributed by atoms with Gasteiger partial charge in [-0.2, -0.15) is 0 Å². The Morgan fingerprint density at radius 1 is 0.714 bits per heavy atom. The minimum Gasteiger partial charge on any atom is -0.394 e. The van der Waals surface area contributed by atoms with Gasteiger partial charge >= 0.3 is 0 Å². The van der Waals surface area contributed by atoms with Crippen LogP contribution in [0.5, 0.6) is 0 Å². The van der Waals surface area contributed by atoms with Crippen molar-refractivity contribution in [3.63, 3.8) is 0 Å². The third kappa shape index (κ3) is 23.7. The van der Waals surface area contributed by atoms with Gasteiger partial charge in [0.15, 0.2) is 6.29 Å². The lowest BCUT2D eigenvalue weighted by molar-refractivity contribution is -0.302. The molecule has 1 fully saturated rings. The maximum absolute atomic E-state index is 13.7. The predicted molar refractivity (Wildman–Crippen MR) is 230 cm³/mol. The van der Waals surface area contributed by atoms with Crippen molar-refractivity contribution in [1.82, 2.24) is 4.90 Å². The van der Waals surface area contributed by atoms with Gasteiger partial charge in [0.25, 0.3) is 0 Å². The lowest BCUT2D eigenvalue weighted by Crippen LogP contribution is -2.59. The van der Waals surface area contributed by atoms with Gasteiger partial charge in [-0.3, -0.25) is 4.21 Å². The van der Waals surface area contributed by atoms with Crippen molar-refractivity contribution in [2.24, 2.45) is 4.36 Å². The summed E-state index contributed by atoms with van der Waals surface area (Å²) in [6.45, 7) is 12.1. The van der Waals surface area contributed by atoms with E-state index in [-0.39, 0.29) is 6.61 Å². The fourth-order valence-electron chi connectivity index (χ4n) is 7.49. The molecule has 0 aromatic heterocycles. The quantitative estimate of drug-likeness (QED) is 0.0343. The molecule has 0 saturated carbocycles. The van der Waals surface area contributed by atoms with Crippen LogP contribution in [0.1, 0.15) is 181 Å². The summed E-state index contributed by atoms with van der Waals surface area (Å²) in [7, 11) is -2.77. The zero-order valence-corrected chi connectivity index (χ0v) is 37.1. The van der Waals surface area contributed by atoms with Gasteiger partial charge in [-0.05, 0) is 32.1 Å². The first-order valence-electron chi connectivity index (χ1n) is 22.8. The topological polar surface area (TPSA) is 173 Å². The van der Waals surface area contributed by atoms with E-state index in [1.54, 1.807) is 6.26 Å². The average molecular weight is 821 g/mol. The molecule has 1 aliphatic heterocycles. The highest BCUT2D eigenvalue weighted by Crippen LogP contribution is 2.24. The number of unbranched alkanes of at least 4 members (excludes halogenated alkanes) is 20. The first kappa shape index (κ1) is 53.2. The van der Waals surface area contributed by atoms with E-state index < -0.39 is 65.3 Å². The number of allylic oxidation sites excluding steroid dienone is 1. The van der Waals surface area contributed by atoms with Crippen molar-refractivity contribution in [1.29, 1.82) is 0 Å². The lowest BCUT2D eigenvalue weighted by atomic mass is 9.99. The highest BCUT2D eigenvalue weighted by atomic mass is 32.2. The molecule has 9 atom stereocenters. The van der Waals surface area contributed by atoms with Crippen LogP contribution < -0.4 is 0 Å². The molecule has 0 radical (unpaired) electrons. The van der Waals surface area contributed by atoms with Crippen LogP contribution in [0.25, 0.3) is 0 Å². The van der Waals surface area contributed by atoms with Crippen LogP contribution in [0.2, 0.25) is 0 Å². The van der Waals surface area contributed by atoms with Crippen molar-refractivity contribution in [2.45, 2.75) is 230 Å². The van der Waals surface area contributed by atoms with Gasteiger partial charge < -0.3 is 45.0 Å². The van der Waals surface area contributed by atoms with E-state index >= 15 is 0 Å². The summed E-state index contributed by atoms with van der Waals surface area (Å²) >= 11 is 0. The minimum atomic E-state index is -2.77. The van der Waals surface area contributed by atoms with Crippen LogP contribution >= 0.6 is 0 Å². The molecule has 1 aliphatic rings. The molecular weight excluding hydrogens is 733 g/mol. The van der Waals surface area contributed by atoms with E-state index in [0.29, 0.717) is 18.6 Å². The van der Waals surface area contributed by atoms with Gasteiger partial charge in [0.05, 0.1) is 19.3 Å². The number of hydrogen-bond acceptors (Lipinski definition) is 11. The molecule has 6 unspecified atom stereocenters. The standard InChI is InChI=1S/C44H88N2O9S/c1-6-9-11-13-14-15-16-17-18-19-22-26-30-38(48)40(49)37(35-54-44-43(52)42(51)41(50)39(34-47)55-44)45-56(5,53)33-29-25-21-20-24-28-32-46(36(4)8-3)31-27-23-12-10-7-2/h37-44,47-52H,4,6-35H2,1-3,5H3/t37-,38+,39?,40-,41?,42?,43?,44?,56?/m0/s1. The zero-order chi connectivity index (χ0) is 41.6. The van der Waals surface area contributed by atoms with Crippen molar-refractivity contribution < 1.29 is 44.3 Å². The molecule has 0 spiro atoms. The Labute approximate surface area is 343 Å². The zero-order valence-electron chi connectivity index (χ0n) is 36.2. The molecule has 1 rings (SSSR count). The molecular formula is C44H88N2O9S. The lowest BCUT2D eigenvalue weighted by Gasteiger charge is -2.40. The Morgan fingerprint density at radius 2 is 1.18 bits per heavy atom. The highest BCUT2D eigenvalue weighted by Gasteiger charge is 2.44. The van der Waals surface area contributed by atoms with E-state index in [4.69, 9.17) is 9.47 Å². The SMILES string of the molecule is C=C(CC)N(CCCCCCC)CCCCCCCCS(C)(=O)=N[C@@H](COC1OC(CO)C(O)C(O)C1O)[C@H](O)[C@H](O)CCCCCCCCCCCCCC. The highest BCUT2D eigenvalue weighted by molar-refractivity contribution is 7.92. The molecule has 0 aliphatic carbocycles. The number of hydrogen-bond donors (Lipinski definition) is 6. The predicted octanol–water partition coefficient (Wildman–Crippen LogP) is 7.62. The second kappa shape index (κ2) is 33.0. The summed E-state index contributed by atoms with van der Waals surface area (Å²) in [6.07, 6.45) is 19.7. The Bertz CT molecular complexity index is 1070. The van der Waals surface area contributed by atoms with Crippen molar-refractivity contribution in [3.8, 4) is 0 Å². The molecule has 0 amide bonds. The van der Waals surface area contributed by atoms with Crippen LogP contribution in [0.15, 0.2) is 16.6 Å². The molecule has 0 aromatic carbocycles. The molecule has 1 saturated heterocycles. The summed E-state index contributed by atoms with van der Waals surface area (Å²) < 4.78 is 29.5. The van der Waals surface area contributed by atoms with Crippen molar-refractivity contribution in [3.05, 3.63) is 12.3 Å². The van der Waals surface area contributed by atoms with Crippen LogP contribution in [-0.2, 0) is 19.2 Å². The summed E-state index contributed by atoms with van der Waals surface area (Å²) in [4.78, 5) is 2.46. The first-order chi connectivity index (χ1) is 26.9. The molecule has 0 bridgehead atoms. The second-order valence-electron chi connectivity index (χ2n) is 16.5. The monoisotopic (exact) mass is 821 g/mol. The molecule has 12 heteroatoms. The molecule has 6 N–H and O–H groups in total. The summed E-state index contributed by atoms with van der Waals surface area (Å²) in [6, 6.07) is -1.08. The number of nitrogens with zero attached hydrogens (tertiary/aromatic N) is 2. The van der Waals surface area contributed by atoms with Crippen LogP contribution in [0.3, 0.4) is 0 Å². The van der Waals surface area contributed by atoms with E-state index in [1.165, 1.54) is 89.2 Å². The van der Waals surface area contributed by atoms with E-state index in [2.05, 4.69) is 36.6 Å². The van der Waals surface area contributed by atoms with Crippen LogP contribution in [0, 0.1) is 0 Å². The van der Waals surface area contributed by atoms with Gasteiger partial charge in [0.1, 0.15) is 36.6 Å². The van der Waals surface area contributed by atoms with Crippen molar-refractivity contribution in [2.75, 3.05) is 38.3 Å². The molecule has 1 heterocycles. The Kier molecular flexibility index (Phi) is 31.3.